The summed E-state index contributed by atoms with van der Waals surface area (Å²) in [6.45, 7) is 1.48. The summed E-state index contributed by atoms with van der Waals surface area (Å²) in [5.74, 6) is 1.76. The van der Waals surface area contributed by atoms with Gasteiger partial charge in [0.05, 0.1) is 18.1 Å². The van der Waals surface area contributed by atoms with Gasteiger partial charge in [-0.25, -0.2) is 0 Å². The summed E-state index contributed by atoms with van der Waals surface area (Å²) in [6.07, 6.45) is 0. The molecule has 0 spiro atoms. The predicted molar refractivity (Wildman–Crippen MR) is 77.6 cm³/mol. The Kier molecular flexibility index (Phi) is 4.86. The van der Waals surface area contributed by atoms with Crippen molar-refractivity contribution in [3.8, 4) is 5.75 Å². The summed E-state index contributed by atoms with van der Waals surface area (Å²) in [5.41, 5.74) is 1.21. The molecule has 0 saturated carbocycles. The second-order valence-corrected chi connectivity index (χ2v) is 5.36. The molecule has 0 amide bonds. The number of ether oxygens (including phenoxy) is 1. The van der Waals surface area contributed by atoms with Gasteiger partial charge in [0.25, 0.3) is 0 Å². The lowest BCUT2D eigenvalue weighted by Crippen LogP contribution is -2.11. The highest BCUT2D eigenvalue weighted by Gasteiger charge is 2.05. The third-order valence-corrected chi connectivity index (χ3v) is 4.19. The van der Waals surface area contributed by atoms with Crippen molar-refractivity contribution in [1.29, 1.82) is 0 Å². The smallest absolute Gasteiger partial charge is 0.183 e. The molecule has 3 nitrogen and oxygen atoms in total. The Balaban J connectivity index is 1.84. The van der Waals surface area contributed by atoms with Crippen LogP contribution in [-0.2, 0) is 13.1 Å². The molecule has 0 aliphatic rings. The Labute approximate surface area is 123 Å². The van der Waals surface area contributed by atoms with Crippen LogP contribution in [0.1, 0.15) is 11.3 Å². The van der Waals surface area contributed by atoms with Gasteiger partial charge in [0.2, 0.25) is 0 Å². The number of methoxy groups -OCH3 is 1. The molecule has 1 aromatic heterocycles. The molecular formula is C13H13Br2NO2. The van der Waals surface area contributed by atoms with Crippen molar-refractivity contribution in [2.75, 3.05) is 7.11 Å². The Morgan fingerprint density at radius 2 is 1.89 bits per heavy atom. The summed E-state index contributed by atoms with van der Waals surface area (Å²) in [6, 6.07) is 9.94. The van der Waals surface area contributed by atoms with Gasteiger partial charge in [-0.05, 0) is 55.6 Å². The zero-order chi connectivity index (χ0) is 13.0. The van der Waals surface area contributed by atoms with Gasteiger partial charge in [0.15, 0.2) is 4.67 Å². The highest BCUT2D eigenvalue weighted by molar-refractivity contribution is 9.13. The van der Waals surface area contributed by atoms with Crippen molar-refractivity contribution in [2.24, 2.45) is 0 Å². The molecule has 0 radical (unpaired) electrons. The molecule has 1 heterocycles. The highest BCUT2D eigenvalue weighted by Crippen LogP contribution is 2.26. The molecule has 5 heteroatoms. The second-order valence-electron chi connectivity index (χ2n) is 3.79. The SMILES string of the molecule is COc1ccc(CNCc2cc(Br)c(Br)o2)cc1. The summed E-state index contributed by atoms with van der Waals surface area (Å²) < 4.78 is 12.2. The maximum atomic E-state index is 5.48. The molecule has 2 rings (SSSR count). The van der Waals surface area contributed by atoms with Crippen LogP contribution >= 0.6 is 31.9 Å². The number of rotatable bonds is 5. The Hall–Kier alpha value is -0.780. The molecule has 2 aromatic rings. The molecule has 1 N–H and O–H groups in total. The highest BCUT2D eigenvalue weighted by atomic mass is 79.9. The average molecular weight is 375 g/mol. The fourth-order valence-corrected chi connectivity index (χ4v) is 2.21. The van der Waals surface area contributed by atoms with Gasteiger partial charge in [-0.1, -0.05) is 12.1 Å². The lowest BCUT2D eigenvalue weighted by atomic mass is 10.2. The Morgan fingerprint density at radius 3 is 2.44 bits per heavy atom. The first-order valence-electron chi connectivity index (χ1n) is 5.46. The van der Waals surface area contributed by atoms with E-state index in [-0.39, 0.29) is 0 Å². The monoisotopic (exact) mass is 373 g/mol. The van der Waals surface area contributed by atoms with Gasteiger partial charge >= 0.3 is 0 Å². The van der Waals surface area contributed by atoms with Crippen molar-refractivity contribution in [3.63, 3.8) is 0 Å². The van der Waals surface area contributed by atoms with Crippen LogP contribution in [0.5, 0.6) is 5.75 Å². The molecule has 96 valence electrons. The van der Waals surface area contributed by atoms with E-state index in [0.29, 0.717) is 6.54 Å². The van der Waals surface area contributed by atoms with Gasteiger partial charge in [-0.3, -0.25) is 0 Å². The van der Waals surface area contributed by atoms with Crippen molar-refractivity contribution < 1.29 is 9.15 Å². The van der Waals surface area contributed by atoms with Gasteiger partial charge in [-0.2, -0.15) is 0 Å². The van der Waals surface area contributed by atoms with E-state index in [1.54, 1.807) is 7.11 Å². The lowest BCUT2D eigenvalue weighted by Gasteiger charge is -2.04. The zero-order valence-electron chi connectivity index (χ0n) is 9.87. The number of halogens is 2. The van der Waals surface area contributed by atoms with Crippen molar-refractivity contribution >= 4 is 31.9 Å². The van der Waals surface area contributed by atoms with Crippen LogP contribution in [0.4, 0.5) is 0 Å². The topological polar surface area (TPSA) is 34.4 Å². The first-order valence-corrected chi connectivity index (χ1v) is 7.05. The minimum absolute atomic E-state index is 0.691. The van der Waals surface area contributed by atoms with E-state index in [1.165, 1.54) is 5.56 Å². The quantitative estimate of drug-likeness (QED) is 0.855. The van der Waals surface area contributed by atoms with Crippen LogP contribution in [0.15, 0.2) is 43.9 Å². The summed E-state index contributed by atoms with van der Waals surface area (Å²) >= 11 is 6.70. The van der Waals surface area contributed by atoms with Crippen LogP contribution < -0.4 is 10.1 Å². The maximum Gasteiger partial charge on any atom is 0.183 e. The van der Waals surface area contributed by atoms with Gasteiger partial charge in [0, 0.05) is 6.54 Å². The number of furan rings is 1. The first kappa shape index (κ1) is 13.6. The van der Waals surface area contributed by atoms with Gasteiger partial charge in [0.1, 0.15) is 11.5 Å². The molecule has 0 saturated heterocycles. The van der Waals surface area contributed by atoms with Crippen LogP contribution in [0, 0.1) is 0 Å². The Bertz CT molecular complexity index is 489. The molecule has 0 fully saturated rings. The standard InChI is InChI=1S/C13H13Br2NO2/c1-17-10-4-2-9(3-5-10)7-16-8-11-6-12(14)13(15)18-11/h2-6,16H,7-8H2,1H3. The van der Waals surface area contributed by atoms with Gasteiger partial charge < -0.3 is 14.5 Å². The lowest BCUT2D eigenvalue weighted by molar-refractivity contribution is 0.414. The molecule has 0 aliphatic carbocycles. The maximum absolute atomic E-state index is 5.48. The average Bonchev–Trinajstić information content (AvgIpc) is 2.69. The molecule has 1 aromatic carbocycles. The van der Waals surface area contributed by atoms with Crippen LogP contribution in [-0.4, -0.2) is 7.11 Å². The summed E-state index contributed by atoms with van der Waals surface area (Å²) in [5, 5.41) is 3.32. The van der Waals surface area contributed by atoms with Crippen LogP contribution in [0.2, 0.25) is 0 Å². The van der Waals surface area contributed by atoms with E-state index in [2.05, 4.69) is 37.2 Å². The van der Waals surface area contributed by atoms with E-state index in [4.69, 9.17) is 9.15 Å². The molecule has 0 aliphatic heterocycles. The number of hydrogen-bond acceptors (Lipinski definition) is 3. The summed E-state index contributed by atoms with van der Waals surface area (Å²) in [7, 11) is 1.67. The van der Waals surface area contributed by atoms with E-state index in [9.17, 15) is 0 Å². The van der Waals surface area contributed by atoms with E-state index in [1.807, 2.05) is 30.3 Å². The fourth-order valence-electron chi connectivity index (χ4n) is 1.55. The minimum atomic E-state index is 0.691. The number of nitrogens with one attached hydrogen (secondary N) is 1. The molecular weight excluding hydrogens is 362 g/mol. The molecule has 0 atom stereocenters. The largest absolute Gasteiger partial charge is 0.497 e. The van der Waals surface area contributed by atoms with E-state index in [0.717, 1.165) is 27.2 Å². The van der Waals surface area contributed by atoms with Gasteiger partial charge in [-0.15, -0.1) is 0 Å². The van der Waals surface area contributed by atoms with E-state index < -0.39 is 0 Å². The normalized spacial score (nSPS) is 10.6. The Morgan fingerprint density at radius 1 is 1.17 bits per heavy atom. The second kappa shape index (κ2) is 6.41. The molecule has 0 bridgehead atoms. The van der Waals surface area contributed by atoms with Crippen molar-refractivity contribution in [1.82, 2.24) is 5.32 Å². The van der Waals surface area contributed by atoms with Crippen LogP contribution in [0.3, 0.4) is 0 Å². The zero-order valence-corrected chi connectivity index (χ0v) is 13.0. The van der Waals surface area contributed by atoms with Crippen molar-refractivity contribution in [3.05, 3.63) is 50.8 Å². The molecule has 0 unspecified atom stereocenters. The number of benzene rings is 1. The van der Waals surface area contributed by atoms with Crippen molar-refractivity contribution in [2.45, 2.75) is 13.1 Å². The fraction of sp³-hybridized carbons (Fsp3) is 0.231. The number of hydrogen-bond donors (Lipinski definition) is 1. The summed E-state index contributed by atoms with van der Waals surface area (Å²) in [4.78, 5) is 0. The minimum Gasteiger partial charge on any atom is -0.497 e. The molecule has 18 heavy (non-hydrogen) atoms. The third-order valence-electron chi connectivity index (χ3n) is 2.48. The van der Waals surface area contributed by atoms with Crippen LogP contribution in [0.25, 0.3) is 0 Å². The third kappa shape index (κ3) is 3.60. The van der Waals surface area contributed by atoms with E-state index >= 15 is 0 Å². The first-order chi connectivity index (χ1) is 8.69. The predicted octanol–water partition coefficient (Wildman–Crippen LogP) is 4.10.